The Morgan fingerprint density at radius 3 is 2.19 bits per heavy atom. The summed E-state index contributed by atoms with van der Waals surface area (Å²) in [4.78, 5) is 11.4. The average molecular weight is 319 g/mol. The normalized spacial score (nSPS) is 13.6. The van der Waals surface area contributed by atoms with Gasteiger partial charge in [0, 0.05) is 6.54 Å². The van der Waals surface area contributed by atoms with E-state index >= 15 is 0 Å². The van der Waals surface area contributed by atoms with Crippen molar-refractivity contribution in [2.45, 2.75) is 37.9 Å². The van der Waals surface area contributed by atoms with E-state index in [2.05, 4.69) is 5.32 Å². The van der Waals surface area contributed by atoms with Crippen molar-refractivity contribution in [3.63, 3.8) is 0 Å². The van der Waals surface area contributed by atoms with Crippen LogP contribution in [0.3, 0.4) is 0 Å². The van der Waals surface area contributed by atoms with Crippen LogP contribution in [0.4, 0.5) is 26.3 Å². The summed E-state index contributed by atoms with van der Waals surface area (Å²) in [6, 6.07) is -1.59. The fraction of sp³-hybridized carbons (Fsp3) is 0.727. The zero-order valence-electron chi connectivity index (χ0n) is 10.9. The zero-order valence-corrected chi connectivity index (χ0v) is 10.9. The largest absolute Gasteiger partial charge is 0.457 e. The number of alkyl halides is 6. The second-order valence-electron chi connectivity index (χ2n) is 4.04. The van der Waals surface area contributed by atoms with Gasteiger partial charge in [-0.2, -0.15) is 26.3 Å². The standard InChI is InChI=1S/C11H15F6N3O/c1-2-6-18-9(21)8(20-11(15,16)17)5-3-4-7-19-10(12,13)14/h1,8,19-20H,3-7H2,(H,18,21)/t8-/m0/s1. The quantitative estimate of drug-likeness (QED) is 0.275. The van der Waals surface area contributed by atoms with Gasteiger partial charge in [-0.15, -0.1) is 6.42 Å². The summed E-state index contributed by atoms with van der Waals surface area (Å²) in [7, 11) is 0. The van der Waals surface area contributed by atoms with E-state index in [1.165, 1.54) is 5.32 Å². The van der Waals surface area contributed by atoms with Crippen LogP contribution < -0.4 is 16.0 Å². The van der Waals surface area contributed by atoms with Crippen LogP contribution >= 0.6 is 0 Å². The van der Waals surface area contributed by atoms with Crippen LogP contribution in [0.5, 0.6) is 0 Å². The van der Waals surface area contributed by atoms with Gasteiger partial charge < -0.3 is 5.32 Å². The van der Waals surface area contributed by atoms with Crippen LogP contribution in [0.25, 0.3) is 0 Å². The molecular weight excluding hydrogens is 304 g/mol. The van der Waals surface area contributed by atoms with Crippen LogP contribution in [0.2, 0.25) is 0 Å². The first kappa shape index (κ1) is 19.5. The van der Waals surface area contributed by atoms with Gasteiger partial charge >= 0.3 is 12.6 Å². The lowest BCUT2D eigenvalue weighted by atomic mass is 10.1. The van der Waals surface area contributed by atoms with Gasteiger partial charge in [-0.25, -0.2) is 10.6 Å². The average Bonchev–Trinajstić information content (AvgIpc) is 2.31. The maximum absolute atomic E-state index is 12.2. The number of halogens is 6. The molecule has 0 aliphatic rings. The van der Waals surface area contributed by atoms with Crippen LogP contribution in [0.1, 0.15) is 19.3 Å². The molecule has 0 fully saturated rings. The van der Waals surface area contributed by atoms with E-state index in [0.29, 0.717) is 0 Å². The molecule has 0 saturated heterocycles. The summed E-state index contributed by atoms with van der Waals surface area (Å²) in [5.41, 5.74) is 0. The molecular formula is C11H15F6N3O. The number of carbonyl (C=O) groups excluding carboxylic acids is 1. The number of amides is 1. The Labute approximate surface area is 117 Å². The molecule has 0 radical (unpaired) electrons. The highest BCUT2D eigenvalue weighted by atomic mass is 19.4. The molecule has 0 unspecified atom stereocenters. The van der Waals surface area contributed by atoms with Gasteiger partial charge in [0.1, 0.15) is 0 Å². The molecule has 0 spiro atoms. The molecule has 0 rings (SSSR count). The summed E-state index contributed by atoms with van der Waals surface area (Å²) in [6.07, 6.45) is -4.74. The molecule has 3 N–H and O–H groups in total. The van der Waals surface area contributed by atoms with Crippen molar-refractivity contribution < 1.29 is 31.1 Å². The SMILES string of the molecule is C#CCNC(=O)[C@H](CCCCNC(F)(F)F)NC(F)(F)F. The molecule has 1 amide bonds. The Kier molecular flexibility index (Phi) is 8.12. The monoisotopic (exact) mass is 319 g/mol. The smallest absolute Gasteiger partial charge is 0.344 e. The van der Waals surface area contributed by atoms with Crippen molar-refractivity contribution in [1.82, 2.24) is 16.0 Å². The Balaban J connectivity index is 4.23. The summed E-state index contributed by atoms with van der Waals surface area (Å²) < 4.78 is 72.0. The van der Waals surface area contributed by atoms with Gasteiger partial charge in [-0.05, 0) is 12.8 Å². The number of rotatable bonds is 8. The Morgan fingerprint density at radius 2 is 1.71 bits per heavy atom. The van der Waals surface area contributed by atoms with E-state index < -0.39 is 31.1 Å². The topological polar surface area (TPSA) is 53.2 Å². The zero-order chi connectivity index (χ0) is 16.5. The number of nitrogens with one attached hydrogen (secondary N) is 3. The molecule has 0 saturated carbocycles. The molecule has 10 heteroatoms. The highest BCUT2D eigenvalue weighted by molar-refractivity contribution is 5.81. The third-order valence-electron chi connectivity index (χ3n) is 2.26. The molecule has 0 aliphatic heterocycles. The van der Waals surface area contributed by atoms with Gasteiger partial charge in [-0.1, -0.05) is 12.3 Å². The number of hydrogen-bond acceptors (Lipinski definition) is 3. The second-order valence-corrected chi connectivity index (χ2v) is 4.04. The summed E-state index contributed by atoms with van der Waals surface area (Å²) in [5.74, 6) is 1.08. The van der Waals surface area contributed by atoms with Crippen LogP contribution in [0.15, 0.2) is 0 Å². The molecule has 122 valence electrons. The van der Waals surface area contributed by atoms with Gasteiger partial charge in [0.05, 0.1) is 12.6 Å². The minimum absolute atomic E-state index is 0.000298. The lowest BCUT2D eigenvalue weighted by molar-refractivity contribution is -0.169. The van der Waals surface area contributed by atoms with E-state index in [1.807, 2.05) is 5.92 Å². The second kappa shape index (κ2) is 8.74. The highest BCUT2D eigenvalue weighted by Crippen LogP contribution is 2.14. The molecule has 0 aliphatic carbocycles. The number of unbranched alkanes of at least 4 members (excludes halogenated alkanes) is 1. The first-order valence-electron chi connectivity index (χ1n) is 5.92. The molecule has 0 aromatic rings. The van der Waals surface area contributed by atoms with Crippen molar-refractivity contribution in [2.75, 3.05) is 13.1 Å². The molecule has 0 bridgehead atoms. The third-order valence-corrected chi connectivity index (χ3v) is 2.26. The number of hydrogen-bond donors (Lipinski definition) is 3. The maximum Gasteiger partial charge on any atom is 0.457 e. The summed E-state index contributed by atoms with van der Waals surface area (Å²) >= 11 is 0. The fourth-order valence-corrected chi connectivity index (χ4v) is 1.43. The van der Waals surface area contributed by atoms with Crippen molar-refractivity contribution in [3.05, 3.63) is 0 Å². The van der Waals surface area contributed by atoms with E-state index in [0.717, 1.165) is 5.32 Å². The van der Waals surface area contributed by atoms with E-state index in [4.69, 9.17) is 6.42 Å². The van der Waals surface area contributed by atoms with Crippen molar-refractivity contribution in [3.8, 4) is 12.3 Å². The van der Waals surface area contributed by atoms with Crippen LogP contribution in [0, 0.1) is 12.3 Å². The van der Waals surface area contributed by atoms with Crippen molar-refractivity contribution in [2.24, 2.45) is 0 Å². The van der Waals surface area contributed by atoms with Crippen molar-refractivity contribution >= 4 is 5.91 Å². The molecule has 21 heavy (non-hydrogen) atoms. The number of terminal acetylenes is 1. The first-order chi connectivity index (χ1) is 9.55. The van der Waals surface area contributed by atoms with Crippen LogP contribution in [-0.4, -0.2) is 37.6 Å². The minimum Gasteiger partial charge on any atom is -0.344 e. The molecule has 1 atom stereocenters. The van der Waals surface area contributed by atoms with E-state index in [9.17, 15) is 31.1 Å². The van der Waals surface area contributed by atoms with Gasteiger partial charge in [0.2, 0.25) is 5.91 Å². The molecule has 0 heterocycles. The summed E-state index contributed by atoms with van der Waals surface area (Å²) in [6.45, 7) is -0.668. The minimum atomic E-state index is -4.78. The summed E-state index contributed by atoms with van der Waals surface area (Å²) in [5, 5.41) is 4.47. The Bertz CT molecular complexity index is 360. The molecule has 0 aromatic heterocycles. The highest BCUT2D eigenvalue weighted by Gasteiger charge is 2.34. The van der Waals surface area contributed by atoms with Crippen molar-refractivity contribution in [1.29, 1.82) is 0 Å². The Hall–Kier alpha value is -1.47. The fourth-order valence-electron chi connectivity index (χ4n) is 1.43. The first-order valence-corrected chi connectivity index (χ1v) is 5.92. The predicted molar refractivity (Wildman–Crippen MR) is 62.7 cm³/mol. The lowest BCUT2D eigenvalue weighted by Gasteiger charge is -2.19. The van der Waals surface area contributed by atoms with Gasteiger partial charge in [-0.3, -0.25) is 4.79 Å². The van der Waals surface area contributed by atoms with Gasteiger partial charge in [0.25, 0.3) is 0 Å². The maximum atomic E-state index is 12.2. The molecule has 4 nitrogen and oxygen atoms in total. The van der Waals surface area contributed by atoms with E-state index in [1.54, 1.807) is 0 Å². The van der Waals surface area contributed by atoms with E-state index in [-0.39, 0.29) is 25.8 Å². The lowest BCUT2D eigenvalue weighted by Crippen LogP contribution is -2.50. The van der Waals surface area contributed by atoms with Crippen LogP contribution in [-0.2, 0) is 4.79 Å². The third kappa shape index (κ3) is 12.0. The predicted octanol–water partition coefficient (Wildman–Crippen LogP) is 1.49. The molecule has 0 aromatic carbocycles. The van der Waals surface area contributed by atoms with Gasteiger partial charge in [0.15, 0.2) is 0 Å². The Morgan fingerprint density at radius 1 is 1.10 bits per heavy atom. The number of carbonyl (C=O) groups is 1.